The number of hydrogen-bond donors (Lipinski definition) is 1. The molecule has 0 fully saturated rings. The summed E-state index contributed by atoms with van der Waals surface area (Å²) < 4.78 is 1.49. The zero-order chi connectivity index (χ0) is 13.7. The first kappa shape index (κ1) is 13.3. The van der Waals surface area contributed by atoms with Crippen LogP contribution in [-0.2, 0) is 6.54 Å². The van der Waals surface area contributed by atoms with Gasteiger partial charge in [0.25, 0.3) is 5.91 Å². The van der Waals surface area contributed by atoms with Crippen LogP contribution in [0, 0.1) is 0 Å². The fourth-order valence-electron chi connectivity index (χ4n) is 1.55. The SMILES string of the molecule is C=CCNC(=O)c1nnn(Cc2ccccc2)c1Cl. The molecule has 1 heterocycles. The van der Waals surface area contributed by atoms with Crippen molar-refractivity contribution >= 4 is 17.5 Å². The van der Waals surface area contributed by atoms with Gasteiger partial charge in [-0.2, -0.15) is 0 Å². The maximum absolute atomic E-state index is 11.7. The van der Waals surface area contributed by atoms with Gasteiger partial charge >= 0.3 is 0 Å². The Hall–Kier alpha value is -2.14. The zero-order valence-electron chi connectivity index (χ0n) is 10.2. The lowest BCUT2D eigenvalue weighted by Crippen LogP contribution is -2.24. The molecule has 0 unspecified atom stereocenters. The van der Waals surface area contributed by atoms with Crippen molar-refractivity contribution < 1.29 is 4.79 Å². The van der Waals surface area contributed by atoms with Crippen molar-refractivity contribution in [2.45, 2.75) is 6.54 Å². The second-order valence-corrected chi connectivity index (χ2v) is 4.23. The third-order valence-electron chi connectivity index (χ3n) is 2.47. The molecule has 98 valence electrons. The minimum atomic E-state index is -0.357. The molecule has 0 aliphatic heterocycles. The van der Waals surface area contributed by atoms with Gasteiger partial charge in [-0.3, -0.25) is 4.79 Å². The molecule has 5 nitrogen and oxygen atoms in total. The summed E-state index contributed by atoms with van der Waals surface area (Å²) in [4.78, 5) is 11.7. The van der Waals surface area contributed by atoms with Crippen LogP contribution in [0.25, 0.3) is 0 Å². The lowest BCUT2D eigenvalue weighted by molar-refractivity contribution is 0.0953. The van der Waals surface area contributed by atoms with Crippen LogP contribution in [0.15, 0.2) is 43.0 Å². The molecule has 1 amide bonds. The molecule has 0 saturated carbocycles. The summed E-state index contributed by atoms with van der Waals surface area (Å²) >= 11 is 6.10. The quantitative estimate of drug-likeness (QED) is 0.849. The van der Waals surface area contributed by atoms with E-state index in [0.29, 0.717) is 13.1 Å². The molecule has 1 aromatic heterocycles. The Kier molecular flexibility index (Phi) is 4.30. The molecule has 2 aromatic rings. The lowest BCUT2D eigenvalue weighted by Gasteiger charge is -2.02. The molecule has 0 spiro atoms. The molecule has 1 aromatic carbocycles. The molecular formula is C13H13ClN4O. The zero-order valence-corrected chi connectivity index (χ0v) is 11.0. The average molecular weight is 277 g/mol. The number of carbonyl (C=O) groups excluding carboxylic acids is 1. The minimum absolute atomic E-state index is 0.124. The highest BCUT2D eigenvalue weighted by Gasteiger charge is 2.17. The fourth-order valence-corrected chi connectivity index (χ4v) is 1.76. The van der Waals surface area contributed by atoms with E-state index in [1.807, 2.05) is 30.3 Å². The predicted molar refractivity (Wildman–Crippen MR) is 73.1 cm³/mol. The van der Waals surface area contributed by atoms with Crippen LogP contribution in [0.5, 0.6) is 0 Å². The third kappa shape index (κ3) is 3.20. The second kappa shape index (κ2) is 6.15. The summed E-state index contributed by atoms with van der Waals surface area (Å²) in [6.45, 7) is 4.36. The van der Waals surface area contributed by atoms with E-state index in [1.54, 1.807) is 6.08 Å². The standard InChI is InChI=1S/C13H13ClN4O/c1-2-8-15-13(19)11-12(14)18(17-16-11)9-10-6-4-3-5-7-10/h2-7H,1,8-9H2,(H,15,19). The molecule has 6 heteroatoms. The Morgan fingerprint density at radius 1 is 1.42 bits per heavy atom. The van der Waals surface area contributed by atoms with Crippen LogP contribution in [0.4, 0.5) is 0 Å². The van der Waals surface area contributed by atoms with Crippen molar-refractivity contribution in [2.24, 2.45) is 0 Å². The summed E-state index contributed by atoms with van der Waals surface area (Å²) in [5, 5.41) is 10.5. The van der Waals surface area contributed by atoms with Crippen molar-refractivity contribution in [1.82, 2.24) is 20.3 Å². The van der Waals surface area contributed by atoms with Gasteiger partial charge in [-0.1, -0.05) is 53.2 Å². The Labute approximate surface area is 115 Å². The number of rotatable bonds is 5. The summed E-state index contributed by atoms with van der Waals surface area (Å²) in [5.74, 6) is -0.357. The molecule has 0 saturated heterocycles. The highest BCUT2D eigenvalue weighted by molar-refractivity contribution is 6.32. The predicted octanol–water partition coefficient (Wildman–Crippen LogP) is 1.90. The number of hydrogen-bond acceptors (Lipinski definition) is 3. The summed E-state index contributed by atoms with van der Waals surface area (Å²) in [5.41, 5.74) is 1.16. The van der Waals surface area contributed by atoms with Crippen molar-refractivity contribution in [3.05, 3.63) is 59.4 Å². The normalized spacial score (nSPS) is 10.2. The van der Waals surface area contributed by atoms with Crippen LogP contribution in [0.3, 0.4) is 0 Å². The molecule has 0 bridgehead atoms. The molecule has 0 radical (unpaired) electrons. The Morgan fingerprint density at radius 2 is 2.16 bits per heavy atom. The Bertz CT molecular complexity index is 580. The summed E-state index contributed by atoms with van der Waals surface area (Å²) in [6, 6.07) is 9.70. The van der Waals surface area contributed by atoms with E-state index in [4.69, 9.17) is 11.6 Å². The van der Waals surface area contributed by atoms with Gasteiger partial charge in [0.05, 0.1) is 6.54 Å². The lowest BCUT2D eigenvalue weighted by atomic mass is 10.2. The van der Waals surface area contributed by atoms with E-state index < -0.39 is 0 Å². The number of amides is 1. The Morgan fingerprint density at radius 3 is 2.84 bits per heavy atom. The molecule has 0 aliphatic carbocycles. The van der Waals surface area contributed by atoms with Gasteiger partial charge in [-0.25, -0.2) is 4.68 Å². The van der Waals surface area contributed by atoms with Crippen molar-refractivity contribution in [3.8, 4) is 0 Å². The van der Waals surface area contributed by atoms with Crippen molar-refractivity contribution in [2.75, 3.05) is 6.54 Å². The van der Waals surface area contributed by atoms with E-state index >= 15 is 0 Å². The van der Waals surface area contributed by atoms with Crippen LogP contribution < -0.4 is 5.32 Å². The molecule has 2 rings (SSSR count). The van der Waals surface area contributed by atoms with Crippen LogP contribution >= 0.6 is 11.6 Å². The van der Waals surface area contributed by atoms with Gasteiger partial charge in [0.2, 0.25) is 0 Å². The van der Waals surface area contributed by atoms with Crippen molar-refractivity contribution in [1.29, 1.82) is 0 Å². The molecular weight excluding hydrogens is 264 g/mol. The highest BCUT2D eigenvalue weighted by Crippen LogP contribution is 2.14. The smallest absolute Gasteiger partial charge is 0.275 e. The monoisotopic (exact) mass is 276 g/mol. The fraction of sp³-hybridized carbons (Fsp3) is 0.154. The van der Waals surface area contributed by atoms with Crippen molar-refractivity contribution in [3.63, 3.8) is 0 Å². The maximum atomic E-state index is 11.7. The van der Waals surface area contributed by atoms with E-state index in [0.717, 1.165) is 5.56 Å². The van der Waals surface area contributed by atoms with Gasteiger partial charge in [0.1, 0.15) is 0 Å². The number of carbonyl (C=O) groups is 1. The van der Waals surface area contributed by atoms with E-state index in [2.05, 4.69) is 22.2 Å². The summed E-state index contributed by atoms with van der Waals surface area (Å²) in [6.07, 6.45) is 1.58. The van der Waals surface area contributed by atoms with Crippen LogP contribution in [0.1, 0.15) is 16.1 Å². The van der Waals surface area contributed by atoms with Crippen LogP contribution in [0.2, 0.25) is 5.15 Å². The third-order valence-corrected chi connectivity index (χ3v) is 2.85. The topological polar surface area (TPSA) is 59.8 Å². The minimum Gasteiger partial charge on any atom is -0.347 e. The molecule has 0 aliphatic rings. The maximum Gasteiger partial charge on any atom is 0.275 e. The first-order valence-corrected chi connectivity index (χ1v) is 6.12. The largest absolute Gasteiger partial charge is 0.347 e. The van der Waals surface area contributed by atoms with Crippen LogP contribution in [-0.4, -0.2) is 27.4 Å². The second-order valence-electron chi connectivity index (χ2n) is 3.87. The highest BCUT2D eigenvalue weighted by atomic mass is 35.5. The molecule has 19 heavy (non-hydrogen) atoms. The van der Waals surface area contributed by atoms with Gasteiger partial charge < -0.3 is 5.32 Å². The summed E-state index contributed by atoms with van der Waals surface area (Å²) in [7, 11) is 0. The number of nitrogens with zero attached hydrogens (tertiary/aromatic N) is 3. The Balaban J connectivity index is 2.14. The van der Waals surface area contributed by atoms with Gasteiger partial charge in [-0.05, 0) is 5.56 Å². The van der Waals surface area contributed by atoms with E-state index in [1.165, 1.54) is 4.68 Å². The molecule has 0 atom stereocenters. The van der Waals surface area contributed by atoms with Gasteiger partial charge in [0, 0.05) is 6.54 Å². The van der Waals surface area contributed by atoms with E-state index in [9.17, 15) is 4.79 Å². The first-order chi connectivity index (χ1) is 9.22. The number of aromatic nitrogens is 3. The average Bonchev–Trinajstić information content (AvgIpc) is 2.79. The van der Waals surface area contributed by atoms with E-state index in [-0.39, 0.29) is 16.8 Å². The number of nitrogens with one attached hydrogen (secondary N) is 1. The molecule has 1 N–H and O–H groups in total. The number of benzene rings is 1. The van der Waals surface area contributed by atoms with Gasteiger partial charge in [-0.15, -0.1) is 11.7 Å². The first-order valence-electron chi connectivity index (χ1n) is 5.74. The van der Waals surface area contributed by atoms with Gasteiger partial charge in [0.15, 0.2) is 10.8 Å². The number of halogens is 1.